The molecule has 1 aromatic heterocycles. The maximum atomic E-state index is 8.48. The number of H-pyrrole nitrogens is 1. The van der Waals surface area contributed by atoms with Crippen LogP contribution in [0.2, 0.25) is 0 Å². The molecule has 4 heteroatoms. The Balaban J connectivity index is 3.04. The minimum absolute atomic E-state index is 0.00637. The second-order valence-corrected chi connectivity index (χ2v) is 1.93. The molecule has 0 spiro atoms. The largest absolute Gasteiger partial charge is 0.492 e. The van der Waals surface area contributed by atoms with Crippen molar-refractivity contribution in [3.8, 4) is 5.88 Å². The van der Waals surface area contributed by atoms with Gasteiger partial charge in [-0.25, -0.2) is 0 Å². The third kappa shape index (κ3) is 0.928. The van der Waals surface area contributed by atoms with Gasteiger partial charge in [0.1, 0.15) is 4.60 Å². The van der Waals surface area contributed by atoms with Gasteiger partial charge in [0.25, 0.3) is 0 Å². The van der Waals surface area contributed by atoms with E-state index in [1.165, 1.54) is 6.07 Å². The molecule has 0 bridgehead atoms. The fraction of sp³-hybridized carbons (Fsp3) is 0. The summed E-state index contributed by atoms with van der Waals surface area (Å²) < 4.78 is 0.685. The van der Waals surface area contributed by atoms with Gasteiger partial charge in [0.15, 0.2) is 0 Å². The van der Waals surface area contributed by atoms with Crippen molar-refractivity contribution in [2.75, 3.05) is 0 Å². The van der Waals surface area contributed by atoms with E-state index in [2.05, 4.69) is 26.1 Å². The lowest BCUT2D eigenvalue weighted by Gasteiger charge is -1.66. The molecule has 0 fully saturated rings. The fourth-order valence-electron chi connectivity index (χ4n) is 0.289. The predicted molar refractivity (Wildman–Crippen MR) is 28.0 cm³/mol. The average Bonchev–Trinajstić information content (AvgIpc) is 1.87. The lowest BCUT2D eigenvalue weighted by atomic mass is 10.7. The van der Waals surface area contributed by atoms with Gasteiger partial charge in [-0.3, -0.25) is 5.10 Å². The Hall–Kier alpha value is -0.510. The first-order chi connectivity index (χ1) is 3.29. The van der Waals surface area contributed by atoms with Gasteiger partial charge < -0.3 is 5.11 Å². The first-order valence-corrected chi connectivity index (χ1v) is 2.48. The van der Waals surface area contributed by atoms with Crippen LogP contribution in [0.5, 0.6) is 5.88 Å². The van der Waals surface area contributed by atoms with Gasteiger partial charge >= 0.3 is 0 Å². The van der Waals surface area contributed by atoms with Crippen LogP contribution < -0.4 is 0 Å². The summed E-state index contributed by atoms with van der Waals surface area (Å²) in [4.78, 5) is 0. The third-order valence-corrected chi connectivity index (χ3v) is 0.939. The van der Waals surface area contributed by atoms with Crippen molar-refractivity contribution >= 4 is 15.9 Å². The molecule has 0 saturated carbocycles. The minimum atomic E-state index is 0.00637. The average molecular weight is 163 g/mol. The Morgan fingerprint density at radius 3 is 2.71 bits per heavy atom. The van der Waals surface area contributed by atoms with Gasteiger partial charge in [-0.05, 0) is 15.9 Å². The number of halogens is 1. The van der Waals surface area contributed by atoms with Gasteiger partial charge in [0.2, 0.25) is 5.88 Å². The zero-order valence-electron chi connectivity index (χ0n) is 3.35. The lowest BCUT2D eigenvalue weighted by Crippen LogP contribution is -1.61. The summed E-state index contributed by atoms with van der Waals surface area (Å²) in [5.41, 5.74) is 0. The predicted octanol–water partition coefficient (Wildman–Crippen LogP) is 0.878. The zero-order chi connectivity index (χ0) is 5.28. The third-order valence-electron chi connectivity index (χ3n) is 0.533. The van der Waals surface area contributed by atoms with E-state index >= 15 is 0 Å². The molecule has 7 heavy (non-hydrogen) atoms. The first kappa shape index (κ1) is 4.64. The van der Waals surface area contributed by atoms with E-state index in [9.17, 15) is 0 Å². The number of rotatable bonds is 0. The number of aromatic nitrogens is 2. The Morgan fingerprint density at radius 1 is 1.86 bits per heavy atom. The monoisotopic (exact) mass is 162 g/mol. The maximum absolute atomic E-state index is 8.48. The Bertz CT molecular complexity index is 145. The van der Waals surface area contributed by atoms with E-state index in [1.54, 1.807) is 0 Å². The van der Waals surface area contributed by atoms with Crippen LogP contribution in [0.4, 0.5) is 0 Å². The standard InChI is InChI=1S/C3H3BrN2O/c4-2-1-3(7)6-5-2/h1H,(H2,5,6,7). The highest BCUT2D eigenvalue weighted by molar-refractivity contribution is 9.10. The molecule has 38 valence electrons. The van der Waals surface area contributed by atoms with Crippen LogP contribution >= 0.6 is 15.9 Å². The van der Waals surface area contributed by atoms with Crippen LogP contribution in [0.15, 0.2) is 10.7 Å². The molecule has 3 nitrogen and oxygen atoms in total. The molecule has 1 heterocycles. The Morgan fingerprint density at radius 2 is 2.57 bits per heavy atom. The van der Waals surface area contributed by atoms with Crippen molar-refractivity contribution in [1.82, 2.24) is 10.2 Å². The normalized spacial score (nSPS) is 9.29. The number of aromatic hydroxyl groups is 1. The molecule has 0 aliphatic carbocycles. The summed E-state index contributed by atoms with van der Waals surface area (Å²) in [6, 6.07) is 1.47. The summed E-state index contributed by atoms with van der Waals surface area (Å²) in [6.45, 7) is 0. The molecule has 0 saturated heterocycles. The van der Waals surface area contributed by atoms with Crippen LogP contribution in [0.1, 0.15) is 0 Å². The molecule has 2 N–H and O–H groups in total. The van der Waals surface area contributed by atoms with Gasteiger partial charge in [-0.2, -0.15) is 0 Å². The molecule has 0 unspecified atom stereocenters. The molecule has 0 aliphatic heterocycles. The Labute approximate surface area is 48.5 Å². The molecule has 0 aliphatic rings. The van der Waals surface area contributed by atoms with Crippen LogP contribution in [-0.2, 0) is 0 Å². The lowest BCUT2D eigenvalue weighted by molar-refractivity contribution is 0.452. The van der Waals surface area contributed by atoms with E-state index in [0.717, 1.165) is 0 Å². The SMILES string of the molecule is Oc1cc(Br)[nH]n1. The number of hydrogen-bond acceptors (Lipinski definition) is 2. The Kier molecular flexibility index (Phi) is 1.02. The first-order valence-electron chi connectivity index (χ1n) is 1.69. The molecular weight excluding hydrogens is 160 g/mol. The highest BCUT2D eigenvalue weighted by atomic mass is 79.9. The van der Waals surface area contributed by atoms with Crippen LogP contribution in [0.3, 0.4) is 0 Å². The summed E-state index contributed by atoms with van der Waals surface area (Å²) >= 11 is 3.05. The number of nitrogens with zero attached hydrogens (tertiary/aromatic N) is 1. The number of aromatic amines is 1. The fourth-order valence-corrected chi connectivity index (χ4v) is 0.582. The molecule has 0 aromatic carbocycles. The molecule has 0 atom stereocenters. The van der Waals surface area contributed by atoms with Crippen LogP contribution in [-0.4, -0.2) is 15.3 Å². The second-order valence-electron chi connectivity index (χ2n) is 1.07. The minimum Gasteiger partial charge on any atom is -0.492 e. The van der Waals surface area contributed by atoms with Gasteiger partial charge in [-0.15, -0.1) is 5.10 Å². The molecule has 1 rings (SSSR count). The van der Waals surface area contributed by atoms with Gasteiger partial charge in [0.05, 0.1) is 0 Å². The van der Waals surface area contributed by atoms with Crippen molar-refractivity contribution in [2.24, 2.45) is 0 Å². The number of hydrogen-bond donors (Lipinski definition) is 2. The highest BCUT2D eigenvalue weighted by Crippen LogP contribution is 2.09. The van der Waals surface area contributed by atoms with Gasteiger partial charge in [-0.1, -0.05) is 0 Å². The highest BCUT2D eigenvalue weighted by Gasteiger charge is 1.89. The van der Waals surface area contributed by atoms with Crippen molar-refractivity contribution in [2.45, 2.75) is 0 Å². The second kappa shape index (κ2) is 1.54. The van der Waals surface area contributed by atoms with Crippen LogP contribution in [0, 0.1) is 0 Å². The van der Waals surface area contributed by atoms with Gasteiger partial charge in [0, 0.05) is 6.07 Å². The van der Waals surface area contributed by atoms with E-state index in [-0.39, 0.29) is 5.88 Å². The topological polar surface area (TPSA) is 48.9 Å². The molecule has 1 aromatic rings. The summed E-state index contributed by atoms with van der Waals surface area (Å²) in [7, 11) is 0. The molecule has 0 amide bonds. The smallest absolute Gasteiger partial charge is 0.231 e. The van der Waals surface area contributed by atoms with E-state index in [4.69, 9.17) is 5.11 Å². The molecule has 0 radical (unpaired) electrons. The van der Waals surface area contributed by atoms with E-state index in [0.29, 0.717) is 4.60 Å². The molecular formula is C3H3BrN2O. The number of nitrogens with one attached hydrogen (secondary N) is 1. The quantitative estimate of drug-likeness (QED) is 0.596. The van der Waals surface area contributed by atoms with Crippen molar-refractivity contribution in [3.63, 3.8) is 0 Å². The summed E-state index contributed by atoms with van der Waals surface area (Å²) in [6.07, 6.45) is 0. The van der Waals surface area contributed by atoms with Crippen molar-refractivity contribution in [3.05, 3.63) is 10.7 Å². The van der Waals surface area contributed by atoms with E-state index in [1.807, 2.05) is 0 Å². The van der Waals surface area contributed by atoms with E-state index < -0.39 is 0 Å². The summed E-state index contributed by atoms with van der Waals surface area (Å²) in [5.74, 6) is 0.00637. The van der Waals surface area contributed by atoms with Crippen LogP contribution in [0.25, 0.3) is 0 Å². The van der Waals surface area contributed by atoms with Crippen molar-refractivity contribution < 1.29 is 5.11 Å². The van der Waals surface area contributed by atoms with Crippen molar-refractivity contribution in [1.29, 1.82) is 0 Å². The maximum Gasteiger partial charge on any atom is 0.231 e. The summed E-state index contributed by atoms with van der Waals surface area (Å²) in [5, 5.41) is 14.4. The zero-order valence-corrected chi connectivity index (χ0v) is 4.94.